The summed E-state index contributed by atoms with van der Waals surface area (Å²) in [6, 6.07) is -0.00200. The van der Waals surface area contributed by atoms with Gasteiger partial charge in [-0.15, -0.1) is 0 Å². The number of carboxylic acids is 1. The van der Waals surface area contributed by atoms with Crippen molar-refractivity contribution in [2.45, 2.75) is 51.5 Å². The van der Waals surface area contributed by atoms with E-state index in [4.69, 9.17) is 9.84 Å². The maximum absolute atomic E-state index is 11.5. The van der Waals surface area contributed by atoms with Crippen LogP contribution in [-0.4, -0.2) is 36.2 Å². The van der Waals surface area contributed by atoms with Crippen molar-refractivity contribution in [1.29, 1.82) is 0 Å². The highest BCUT2D eigenvalue weighted by Gasteiger charge is 2.30. The highest BCUT2D eigenvalue weighted by atomic mass is 16.5. The van der Waals surface area contributed by atoms with Crippen LogP contribution in [0.2, 0.25) is 0 Å². The summed E-state index contributed by atoms with van der Waals surface area (Å²) < 4.78 is 5.25. The van der Waals surface area contributed by atoms with Crippen molar-refractivity contribution in [2.75, 3.05) is 13.2 Å². The van der Waals surface area contributed by atoms with Crippen LogP contribution in [0.4, 0.5) is 0 Å². The Labute approximate surface area is 108 Å². The number of hydrogen-bond acceptors (Lipinski definition) is 3. The number of amides is 1. The van der Waals surface area contributed by atoms with E-state index in [0.717, 1.165) is 25.7 Å². The molecule has 1 aliphatic rings. The molecule has 0 bridgehead atoms. The lowest BCUT2D eigenvalue weighted by molar-refractivity contribution is -0.141. The molecule has 104 valence electrons. The molecule has 0 radical (unpaired) electrons. The Morgan fingerprint density at radius 2 is 2.11 bits per heavy atom. The molecular formula is C13H23NO4. The summed E-state index contributed by atoms with van der Waals surface area (Å²) in [6.07, 6.45) is 5.17. The monoisotopic (exact) mass is 257 g/mol. The van der Waals surface area contributed by atoms with E-state index in [-0.39, 0.29) is 24.5 Å². The number of hydrogen-bond donors (Lipinski definition) is 2. The van der Waals surface area contributed by atoms with Crippen LogP contribution >= 0.6 is 0 Å². The van der Waals surface area contributed by atoms with E-state index in [0.29, 0.717) is 19.4 Å². The van der Waals surface area contributed by atoms with Crippen molar-refractivity contribution in [3.05, 3.63) is 0 Å². The van der Waals surface area contributed by atoms with Gasteiger partial charge in [0, 0.05) is 12.6 Å². The predicted molar refractivity (Wildman–Crippen MR) is 67.3 cm³/mol. The zero-order valence-corrected chi connectivity index (χ0v) is 11.0. The topological polar surface area (TPSA) is 75.6 Å². The van der Waals surface area contributed by atoms with Crippen LogP contribution < -0.4 is 5.32 Å². The molecule has 1 saturated carbocycles. The third-order valence-corrected chi connectivity index (χ3v) is 3.27. The molecule has 5 nitrogen and oxygen atoms in total. The lowest BCUT2D eigenvalue weighted by atomic mass is 10.1. The van der Waals surface area contributed by atoms with E-state index in [2.05, 4.69) is 12.2 Å². The number of carboxylic acid groups (broad SMARTS) is 1. The molecule has 0 aromatic rings. The van der Waals surface area contributed by atoms with Gasteiger partial charge in [0.2, 0.25) is 5.91 Å². The average Bonchev–Trinajstić information content (AvgIpc) is 2.77. The quantitative estimate of drug-likeness (QED) is 0.647. The minimum absolute atomic E-state index is 0.00200. The van der Waals surface area contributed by atoms with Gasteiger partial charge >= 0.3 is 5.97 Å². The molecule has 18 heavy (non-hydrogen) atoms. The zero-order valence-electron chi connectivity index (χ0n) is 11.0. The first-order chi connectivity index (χ1) is 8.63. The van der Waals surface area contributed by atoms with Gasteiger partial charge in [-0.25, -0.2) is 0 Å². The van der Waals surface area contributed by atoms with Gasteiger partial charge in [0.05, 0.1) is 5.92 Å². The van der Waals surface area contributed by atoms with E-state index in [1.807, 2.05) is 0 Å². The summed E-state index contributed by atoms with van der Waals surface area (Å²) in [7, 11) is 0. The Kier molecular flexibility index (Phi) is 6.72. The Hall–Kier alpha value is -1.10. The van der Waals surface area contributed by atoms with E-state index in [1.165, 1.54) is 0 Å². The molecule has 1 aliphatic carbocycles. The summed E-state index contributed by atoms with van der Waals surface area (Å²) in [5, 5.41) is 11.7. The molecule has 2 N–H and O–H groups in total. The molecule has 5 heteroatoms. The Bertz CT molecular complexity index is 280. The lowest BCUT2D eigenvalue weighted by Gasteiger charge is -2.12. The van der Waals surface area contributed by atoms with Gasteiger partial charge in [-0.3, -0.25) is 9.59 Å². The van der Waals surface area contributed by atoms with Gasteiger partial charge < -0.3 is 15.2 Å². The van der Waals surface area contributed by atoms with Crippen LogP contribution in [0.15, 0.2) is 0 Å². The number of unbranched alkanes of at least 4 members (excludes halogenated alkanes) is 2. The van der Waals surface area contributed by atoms with E-state index < -0.39 is 5.97 Å². The SMILES string of the molecule is CCCCCOCC(=O)N[C@H]1CC[C@H](C(=O)O)C1. The van der Waals surface area contributed by atoms with E-state index in [9.17, 15) is 9.59 Å². The maximum atomic E-state index is 11.5. The summed E-state index contributed by atoms with van der Waals surface area (Å²) in [5.74, 6) is -1.20. The van der Waals surface area contributed by atoms with Crippen LogP contribution in [-0.2, 0) is 14.3 Å². The van der Waals surface area contributed by atoms with Crippen molar-refractivity contribution >= 4 is 11.9 Å². The molecule has 0 aromatic carbocycles. The highest BCUT2D eigenvalue weighted by Crippen LogP contribution is 2.25. The van der Waals surface area contributed by atoms with Gasteiger partial charge in [-0.2, -0.15) is 0 Å². The Morgan fingerprint density at radius 1 is 1.33 bits per heavy atom. The van der Waals surface area contributed by atoms with Gasteiger partial charge in [0.25, 0.3) is 0 Å². The van der Waals surface area contributed by atoms with Crippen LogP contribution in [0.5, 0.6) is 0 Å². The van der Waals surface area contributed by atoms with Crippen molar-refractivity contribution in [1.82, 2.24) is 5.32 Å². The van der Waals surface area contributed by atoms with Crippen LogP contribution in [0.1, 0.15) is 45.4 Å². The van der Waals surface area contributed by atoms with Crippen LogP contribution in [0, 0.1) is 5.92 Å². The highest BCUT2D eigenvalue weighted by molar-refractivity contribution is 5.78. The number of aliphatic carboxylic acids is 1. The Balaban J connectivity index is 2.08. The standard InChI is InChI=1S/C13H23NO4/c1-2-3-4-7-18-9-12(15)14-11-6-5-10(8-11)13(16)17/h10-11H,2-9H2,1H3,(H,14,15)(H,16,17)/t10-,11-/m0/s1. The molecule has 0 spiro atoms. The molecule has 1 fully saturated rings. The summed E-state index contributed by atoms with van der Waals surface area (Å²) in [4.78, 5) is 22.3. The lowest BCUT2D eigenvalue weighted by Crippen LogP contribution is -2.36. The van der Waals surface area contributed by atoms with Crippen molar-refractivity contribution < 1.29 is 19.4 Å². The molecule has 0 heterocycles. The summed E-state index contributed by atoms with van der Waals surface area (Å²) in [5.41, 5.74) is 0. The molecule has 0 saturated heterocycles. The van der Waals surface area contributed by atoms with E-state index >= 15 is 0 Å². The van der Waals surface area contributed by atoms with Gasteiger partial charge in [-0.05, 0) is 25.7 Å². The van der Waals surface area contributed by atoms with Crippen molar-refractivity contribution in [3.63, 3.8) is 0 Å². The number of ether oxygens (including phenoxy) is 1. The third-order valence-electron chi connectivity index (χ3n) is 3.27. The Morgan fingerprint density at radius 3 is 2.72 bits per heavy atom. The molecule has 0 aromatic heterocycles. The van der Waals surface area contributed by atoms with Crippen molar-refractivity contribution in [2.24, 2.45) is 5.92 Å². The average molecular weight is 257 g/mol. The predicted octanol–water partition coefficient (Wildman–Crippen LogP) is 1.56. The fourth-order valence-electron chi connectivity index (χ4n) is 2.23. The molecule has 2 atom stereocenters. The smallest absolute Gasteiger partial charge is 0.306 e. The molecular weight excluding hydrogens is 234 g/mol. The molecule has 1 amide bonds. The second kappa shape index (κ2) is 8.08. The van der Waals surface area contributed by atoms with Gasteiger partial charge in [-0.1, -0.05) is 19.8 Å². The number of rotatable bonds is 8. The number of carbonyl (C=O) groups excluding carboxylic acids is 1. The van der Waals surface area contributed by atoms with Crippen LogP contribution in [0.25, 0.3) is 0 Å². The minimum atomic E-state index is -0.762. The fraction of sp³-hybridized carbons (Fsp3) is 0.846. The minimum Gasteiger partial charge on any atom is -0.481 e. The van der Waals surface area contributed by atoms with Gasteiger partial charge in [0.15, 0.2) is 0 Å². The first-order valence-electron chi connectivity index (χ1n) is 6.73. The fourth-order valence-corrected chi connectivity index (χ4v) is 2.23. The van der Waals surface area contributed by atoms with Gasteiger partial charge in [0.1, 0.15) is 6.61 Å². The largest absolute Gasteiger partial charge is 0.481 e. The van der Waals surface area contributed by atoms with E-state index in [1.54, 1.807) is 0 Å². The summed E-state index contributed by atoms with van der Waals surface area (Å²) >= 11 is 0. The first kappa shape index (κ1) is 15.0. The molecule has 0 unspecified atom stereocenters. The van der Waals surface area contributed by atoms with Crippen molar-refractivity contribution in [3.8, 4) is 0 Å². The molecule has 0 aliphatic heterocycles. The second-order valence-electron chi connectivity index (χ2n) is 4.87. The molecule has 1 rings (SSSR count). The third kappa shape index (κ3) is 5.49. The number of carbonyl (C=O) groups is 2. The first-order valence-corrected chi connectivity index (χ1v) is 6.73. The zero-order chi connectivity index (χ0) is 13.4. The second-order valence-corrected chi connectivity index (χ2v) is 4.87. The normalized spacial score (nSPS) is 22.9. The maximum Gasteiger partial charge on any atom is 0.306 e. The summed E-state index contributed by atoms with van der Waals surface area (Å²) in [6.45, 7) is 2.81. The number of nitrogens with one attached hydrogen (secondary N) is 1. The van der Waals surface area contributed by atoms with Crippen LogP contribution in [0.3, 0.4) is 0 Å².